The summed E-state index contributed by atoms with van der Waals surface area (Å²) in [6.45, 7) is 6.60. The lowest BCUT2D eigenvalue weighted by atomic mass is 9.66. The zero-order chi connectivity index (χ0) is 18.9. The average Bonchev–Trinajstić information content (AvgIpc) is 2.53. The van der Waals surface area contributed by atoms with Gasteiger partial charge in [0.05, 0.1) is 19.1 Å². The third-order valence-corrected chi connectivity index (χ3v) is 5.75. The average molecular weight is 362 g/mol. The topological polar surface area (TPSA) is 76.0 Å². The van der Waals surface area contributed by atoms with Gasteiger partial charge in [-0.15, -0.1) is 0 Å². The minimum atomic E-state index is -0.371. The molecule has 0 radical (unpaired) electrons. The molecule has 3 atom stereocenters. The third kappa shape index (κ3) is 3.83. The molecule has 1 fully saturated rings. The summed E-state index contributed by atoms with van der Waals surface area (Å²) < 4.78 is 11.4. The number of hydrogen-bond donors (Lipinski definition) is 2. The summed E-state index contributed by atoms with van der Waals surface area (Å²) in [5, 5.41) is 20.8. The lowest BCUT2D eigenvalue weighted by Gasteiger charge is -2.48. The van der Waals surface area contributed by atoms with Crippen LogP contribution in [0.3, 0.4) is 0 Å². The standard InChI is InChI=1S/C21H30O5/c1-4-5-8-25-19(24)11-13-9-17(23)20-15-12-14(22)6-7-16(15)21(2,3)26-18(20)10-13/h9-10,14-16,22-23H,4-8,11-12H2,1-3H3/t14-,15-,16-/m1/s1. The van der Waals surface area contributed by atoms with Gasteiger partial charge in [-0.3, -0.25) is 4.79 Å². The summed E-state index contributed by atoms with van der Waals surface area (Å²) in [5.74, 6) is 0.816. The van der Waals surface area contributed by atoms with Crippen LogP contribution in [-0.4, -0.2) is 34.5 Å². The molecule has 144 valence electrons. The number of benzene rings is 1. The van der Waals surface area contributed by atoms with Crippen molar-refractivity contribution in [3.8, 4) is 11.5 Å². The summed E-state index contributed by atoms with van der Waals surface area (Å²) >= 11 is 0. The molecule has 1 aromatic carbocycles. The van der Waals surface area contributed by atoms with Crippen LogP contribution in [0.1, 0.15) is 69.9 Å². The molecule has 0 amide bonds. The largest absolute Gasteiger partial charge is 0.508 e. The van der Waals surface area contributed by atoms with E-state index in [9.17, 15) is 15.0 Å². The van der Waals surface area contributed by atoms with Gasteiger partial charge in [-0.05, 0) is 57.2 Å². The van der Waals surface area contributed by atoms with E-state index in [1.54, 1.807) is 6.07 Å². The Hall–Kier alpha value is -1.75. The first-order valence-electron chi connectivity index (χ1n) is 9.70. The van der Waals surface area contributed by atoms with Crippen LogP contribution >= 0.6 is 0 Å². The van der Waals surface area contributed by atoms with Gasteiger partial charge in [0.25, 0.3) is 0 Å². The molecule has 2 N–H and O–H groups in total. The van der Waals surface area contributed by atoms with Crippen molar-refractivity contribution in [1.29, 1.82) is 0 Å². The van der Waals surface area contributed by atoms with Gasteiger partial charge in [-0.2, -0.15) is 0 Å². The number of carbonyl (C=O) groups is 1. The van der Waals surface area contributed by atoms with Crippen LogP contribution < -0.4 is 4.74 Å². The molecule has 0 spiro atoms. The van der Waals surface area contributed by atoms with Crippen molar-refractivity contribution in [2.75, 3.05) is 6.61 Å². The van der Waals surface area contributed by atoms with E-state index in [0.717, 1.165) is 31.2 Å². The molecule has 0 aromatic heterocycles. The monoisotopic (exact) mass is 362 g/mol. The normalized spacial score (nSPS) is 26.4. The van der Waals surface area contributed by atoms with Crippen molar-refractivity contribution in [3.63, 3.8) is 0 Å². The van der Waals surface area contributed by atoms with Gasteiger partial charge in [0.15, 0.2) is 0 Å². The van der Waals surface area contributed by atoms with Crippen LogP contribution in [0.15, 0.2) is 12.1 Å². The first kappa shape index (κ1) is 19.0. The summed E-state index contributed by atoms with van der Waals surface area (Å²) in [4.78, 5) is 12.0. The Labute approximate surface area is 155 Å². The second-order valence-corrected chi connectivity index (χ2v) is 8.16. The highest BCUT2D eigenvalue weighted by molar-refractivity contribution is 5.73. The number of rotatable bonds is 5. The predicted molar refractivity (Wildman–Crippen MR) is 98.5 cm³/mol. The number of phenolic OH excluding ortho intramolecular Hbond substituents is 1. The van der Waals surface area contributed by atoms with Crippen molar-refractivity contribution in [2.24, 2.45) is 5.92 Å². The van der Waals surface area contributed by atoms with Crippen molar-refractivity contribution in [2.45, 2.75) is 76.9 Å². The minimum Gasteiger partial charge on any atom is -0.508 e. The molecule has 0 saturated heterocycles. The summed E-state index contributed by atoms with van der Waals surface area (Å²) in [5.41, 5.74) is 1.09. The fraction of sp³-hybridized carbons (Fsp3) is 0.667. The molecular formula is C21H30O5. The molecule has 1 aliphatic carbocycles. The van der Waals surface area contributed by atoms with E-state index in [1.807, 2.05) is 13.0 Å². The molecule has 1 heterocycles. The molecule has 0 bridgehead atoms. The minimum absolute atomic E-state index is 0.0723. The van der Waals surface area contributed by atoms with Gasteiger partial charge in [-0.1, -0.05) is 13.3 Å². The highest BCUT2D eigenvalue weighted by Gasteiger charge is 2.47. The maximum absolute atomic E-state index is 12.0. The first-order chi connectivity index (χ1) is 12.3. The highest BCUT2D eigenvalue weighted by Crippen LogP contribution is 2.54. The smallest absolute Gasteiger partial charge is 0.310 e. The summed E-state index contributed by atoms with van der Waals surface area (Å²) in [6, 6.07) is 3.48. The number of carbonyl (C=O) groups excluding carboxylic acids is 1. The quantitative estimate of drug-likeness (QED) is 0.617. The van der Waals surface area contributed by atoms with E-state index in [4.69, 9.17) is 9.47 Å². The molecule has 26 heavy (non-hydrogen) atoms. The molecule has 5 heteroatoms. The Morgan fingerprint density at radius 1 is 1.35 bits per heavy atom. The van der Waals surface area contributed by atoms with Gasteiger partial charge < -0.3 is 19.7 Å². The second-order valence-electron chi connectivity index (χ2n) is 8.16. The Morgan fingerprint density at radius 2 is 2.12 bits per heavy atom. The predicted octanol–water partition coefficient (Wildman–Crippen LogP) is 3.69. The summed E-state index contributed by atoms with van der Waals surface area (Å²) in [7, 11) is 0. The van der Waals surface area contributed by atoms with Crippen LogP contribution in [0.25, 0.3) is 0 Å². The van der Waals surface area contributed by atoms with Crippen LogP contribution in [0.4, 0.5) is 0 Å². The van der Waals surface area contributed by atoms with Crippen molar-refractivity contribution in [3.05, 3.63) is 23.3 Å². The maximum atomic E-state index is 12.0. The van der Waals surface area contributed by atoms with Crippen molar-refractivity contribution < 1.29 is 24.5 Å². The molecule has 3 rings (SSSR count). The second kappa shape index (κ2) is 7.47. The highest BCUT2D eigenvalue weighted by atomic mass is 16.5. The number of esters is 1. The van der Waals surface area contributed by atoms with Crippen LogP contribution in [-0.2, 0) is 16.0 Å². The van der Waals surface area contributed by atoms with E-state index >= 15 is 0 Å². The lowest BCUT2D eigenvalue weighted by molar-refractivity contribution is -0.142. The Bertz CT molecular complexity index is 667. The molecule has 1 aromatic rings. The van der Waals surface area contributed by atoms with Gasteiger partial charge in [0.1, 0.15) is 17.1 Å². The number of unbranched alkanes of at least 4 members (excludes halogenated alkanes) is 1. The van der Waals surface area contributed by atoms with Gasteiger partial charge in [-0.25, -0.2) is 0 Å². The maximum Gasteiger partial charge on any atom is 0.310 e. The summed E-state index contributed by atoms with van der Waals surface area (Å²) in [6.07, 6.45) is 3.88. The zero-order valence-electron chi connectivity index (χ0n) is 16.0. The van der Waals surface area contributed by atoms with E-state index < -0.39 is 0 Å². The Kier molecular flexibility index (Phi) is 5.47. The van der Waals surface area contributed by atoms with E-state index in [-0.39, 0.29) is 41.7 Å². The lowest BCUT2D eigenvalue weighted by Crippen LogP contribution is -2.47. The van der Waals surface area contributed by atoms with E-state index in [2.05, 4.69) is 13.8 Å². The molecule has 1 saturated carbocycles. The first-order valence-corrected chi connectivity index (χ1v) is 9.70. The Morgan fingerprint density at radius 3 is 2.85 bits per heavy atom. The molecular weight excluding hydrogens is 332 g/mol. The fourth-order valence-electron chi connectivity index (χ4n) is 4.43. The zero-order valence-corrected chi connectivity index (χ0v) is 16.0. The van der Waals surface area contributed by atoms with E-state index in [1.165, 1.54) is 0 Å². The number of hydrogen-bond acceptors (Lipinski definition) is 5. The molecule has 1 aliphatic heterocycles. The molecule has 5 nitrogen and oxygen atoms in total. The van der Waals surface area contributed by atoms with Crippen LogP contribution in [0.5, 0.6) is 11.5 Å². The molecule has 2 aliphatic rings. The number of ether oxygens (including phenoxy) is 2. The third-order valence-electron chi connectivity index (χ3n) is 5.75. The van der Waals surface area contributed by atoms with Crippen LogP contribution in [0.2, 0.25) is 0 Å². The number of aromatic hydroxyl groups is 1. The number of fused-ring (bicyclic) bond motifs is 3. The van der Waals surface area contributed by atoms with Gasteiger partial charge in [0.2, 0.25) is 0 Å². The van der Waals surface area contributed by atoms with Crippen molar-refractivity contribution >= 4 is 5.97 Å². The number of aliphatic hydroxyl groups is 1. The number of phenols is 1. The molecule has 0 unspecified atom stereocenters. The van der Waals surface area contributed by atoms with Crippen molar-refractivity contribution in [1.82, 2.24) is 0 Å². The van der Waals surface area contributed by atoms with Gasteiger partial charge in [0, 0.05) is 17.4 Å². The SMILES string of the molecule is CCCCOC(=O)Cc1cc(O)c2c(c1)OC(C)(C)[C@@H]1CC[C@@H](O)C[C@@H]21. The van der Waals surface area contributed by atoms with Gasteiger partial charge >= 0.3 is 5.97 Å². The Balaban J connectivity index is 1.84. The van der Waals surface area contributed by atoms with E-state index in [0.29, 0.717) is 24.3 Å². The number of aliphatic hydroxyl groups excluding tert-OH is 1. The fourth-order valence-corrected chi connectivity index (χ4v) is 4.43. The van der Waals surface area contributed by atoms with Crippen LogP contribution in [0, 0.1) is 5.92 Å².